The number of carbonyl (C=O) groups excluding carboxylic acids is 1. The zero-order valence-corrected chi connectivity index (χ0v) is 18.4. The van der Waals surface area contributed by atoms with Crippen molar-refractivity contribution >= 4 is 11.9 Å². The van der Waals surface area contributed by atoms with Gasteiger partial charge in [-0.15, -0.1) is 0 Å². The number of rotatable bonds is 5. The second kappa shape index (κ2) is 7.84. The number of hydrogen-bond acceptors (Lipinski definition) is 2. The third-order valence-corrected chi connectivity index (χ3v) is 8.09. The molecule has 0 spiro atoms. The maximum absolute atomic E-state index is 13.4. The van der Waals surface area contributed by atoms with Crippen molar-refractivity contribution in [3.8, 4) is 0 Å². The van der Waals surface area contributed by atoms with Crippen molar-refractivity contribution in [3.63, 3.8) is 0 Å². The van der Waals surface area contributed by atoms with Gasteiger partial charge in [-0.1, -0.05) is 52.7 Å². The van der Waals surface area contributed by atoms with Crippen LogP contribution in [0.2, 0.25) is 0 Å². The van der Waals surface area contributed by atoms with Gasteiger partial charge in [0.1, 0.15) is 6.04 Å². The molecule has 4 nitrogen and oxygen atoms in total. The highest BCUT2D eigenvalue weighted by atomic mass is 16.4. The summed E-state index contributed by atoms with van der Waals surface area (Å²) in [7, 11) is 0. The highest BCUT2D eigenvalue weighted by molar-refractivity contribution is 5.87. The third-order valence-electron chi connectivity index (χ3n) is 8.09. The smallest absolute Gasteiger partial charge is 0.326 e. The fraction of sp³-hybridized carbons (Fsp3) is 0.833. The van der Waals surface area contributed by atoms with Gasteiger partial charge in [0.25, 0.3) is 0 Å². The lowest BCUT2D eigenvalue weighted by molar-refractivity contribution is -0.149. The standard InChI is InChI=1S/C24H39NO3/c1-15(2)13-19(21(26)27)25-22(28)24(5)12-6-11-23(4)18-9-7-16(3)14-17(18)8-10-20(23)24/h9,15-17,19-20H,6-8,10-14H2,1-5H3,(H,25,28)(H,26,27)/t16-,17?,19+,20?,23+,24-/m1/s1. The first-order valence-corrected chi connectivity index (χ1v) is 11.3. The van der Waals surface area contributed by atoms with Crippen molar-refractivity contribution in [3.05, 3.63) is 11.6 Å². The molecule has 158 valence electrons. The van der Waals surface area contributed by atoms with Crippen molar-refractivity contribution < 1.29 is 14.7 Å². The lowest BCUT2D eigenvalue weighted by Crippen LogP contribution is -2.57. The fourth-order valence-corrected chi connectivity index (χ4v) is 6.69. The van der Waals surface area contributed by atoms with Gasteiger partial charge in [-0.3, -0.25) is 4.79 Å². The van der Waals surface area contributed by atoms with Gasteiger partial charge >= 0.3 is 5.97 Å². The molecule has 0 radical (unpaired) electrons. The van der Waals surface area contributed by atoms with E-state index in [9.17, 15) is 14.7 Å². The number of carbonyl (C=O) groups is 2. The summed E-state index contributed by atoms with van der Waals surface area (Å²) < 4.78 is 0. The van der Waals surface area contributed by atoms with Crippen LogP contribution in [0.5, 0.6) is 0 Å². The van der Waals surface area contributed by atoms with Gasteiger partial charge in [0.05, 0.1) is 5.41 Å². The Morgan fingerprint density at radius 1 is 1.25 bits per heavy atom. The average molecular weight is 390 g/mol. The van der Waals surface area contributed by atoms with Crippen LogP contribution < -0.4 is 5.32 Å². The SMILES string of the molecule is CC(C)C[C@H](NC(=O)[C@]1(C)CCC[C@@]2(C)C3=CC[C@@H](C)CC3CCC12)C(=O)O. The molecule has 3 aliphatic rings. The Hall–Kier alpha value is -1.32. The van der Waals surface area contributed by atoms with Crippen LogP contribution in [0.15, 0.2) is 11.6 Å². The van der Waals surface area contributed by atoms with E-state index in [-0.39, 0.29) is 17.2 Å². The summed E-state index contributed by atoms with van der Waals surface area (Å²) in [6.07, 6.45) is 10.7. The van der Waals surface area contributed by atoms with E-state index in [2.05, 4.69) is 32.2 Å². The van der Waals surface area contributed by atoms with E-state index in [0.29, 0.717) is 18.3 Å². The number of fused-ring (bicyclic) bond motifs is 3. The van der Waals surface area contributed by atoms with Crippen molar-refractivity contribution in [2.75, 3.05) is 0 Å². The molecule has 28 heavy (non-hydrogen) atoms. The van der Waals surface area contributed by atoms with E-state index in [1.807, 2.05) is 13.8 Å². The normalized spacial score (nSPS) is 38.8. The van der Waals surface area contributed by atoms with Crippen LogP contribution in [0.1, 0.15) is 86.0 Å². The molecule has 0 aliphatic heterocycles. The quantitative estimate of drug-likeness (QED) is 0.637. The lowest BCUT2D eigenvalue weighted by atomic mass is 9.46. The highest BCUT2D eigenvalue weighted by Gasteiger charge is 2.57. The molecular weight excluding hydrogens is 350 g/mol. The van der Waals surface area contributed by atoms with Gasteiger partial charge in [0.2, 0.25) is 5.91 Å². The molecule has 6 atom stereocenters. The molecule has 0 aromatic rings. The minimum Gasteiger partial charge on any atom is -0.480 e. The highest BCUT2D eigenvalue weighted by Crippen LogP contribution is 2.62. The second-order valence-corrected chi connectivity index (χ2v) is 10.7. The van der Waals surface area contributed by atoms with E-state index < -0.39 is 17.4 Å². The zero-order valence-electron chi connectivity index (χ0n) is 18.4. The molecule has 2 fully saturated rings. The molecule has 0 saturated heterocycles. The predicted octanol–water partition coefficient (Wildman–Crippen LogP) is 5.18. The topological polar surface area (TPSA) is 66.4 Å². The summed E-state index contributed by atoms with van der Waals surface area (Å²) >= 11 is 0. The van der Waals surface area contributed by atoms with Gasteiger partial charge in [0, 0.05) is 0 Å². The van der Waals surface area contributed by atoms with Crippen LogP contribution >= 0.6 is 0 Å². The van der Waals surface area contributed by atoms with Gasteiger partial charge in [0.15, 0.2) is 0 Å². The van der Waals surface area contributed by atoms with Gasteiger partial charge in [-0.05, 0) is 74.0 Å². The molecule has 4 heteroatoms. The second-order valence-electron chi connectivity index (χ2n) is 10.7. The maximum Gasteiger partial charge on any atom is 0.326 e. The van der Waals surface area contributed by atoms with E-state index in [1.54, 1.807) is 5.57 Å². The molecule has 1 amide bonds. The Kier molecular flexibility index (Phi) is 5.99. The number of hydrogen-bond donors (Lipinski definition) is 2. The number of carboxylic acid groups (broad SMARTS) is 1. The summed E-state index contributed by atoms with van der Waals surface area (Å²) in [5.41, 5.74) is 1.22. The van der Waals surface area contributed by atoms with E-state index >= 15 is 0 Å². The minimum atomic E-state index is -0.920. The third kappa shape index (κ3) is 3.76. The Bertz CT molecular complexity index is 654. The first-order chi connectivity index (χ1) is 13.1. The van der Waals surface area contributed by atoms with Crippen LogP contribution in [0.25, 0.3) is 0 Å². The molecule has 0 heterocycles. The molecular formula is C24H39NO3. The largest absolute Gasteiger partial charge is 0.480 e. The first-order valence-electron chi connectivity index (χ1n) is 11.3. The van der Waals surface area contributed by atoms with Crippen LogP contribution in [0, 0.1) is 34.5 Å². The van der Waals surface area contributed by atoms with Crippen LogP contribution in [-0.4, -0.2) is 23.0 Å². The van der Waals surface area contributed by atoms with Gasteiger partial charge in [-0.2, -0.15) is 0 Å². The van der Waals surface area contributed by atoms with Crippen molar-refractivity contribution in [1.82, 2.24) is 5.32 Å². The number of amides is 1. The van der Waals surface area contributed by atoms with Crippen molar-refractivity contribution in [2.45, 2.75) is 92.0 Å². The number of aliphatic carboxylic acids is 1. The molecule has 0 aromatic carbocycles. The van der Waals surface area contributed by atoms with E-state index in [4.69, 9.17) is 0 Å². The Labute approximate surface area is 170 Å². The van der Waals surface area contributed by atoms with Gasteiger partial charge in [-0.25, -0.2) is 4.79 Å². The Morgan fingerprint density at radius 2 is 1.96 bits per heavy atom. The van der Waals surface area contributed by atoms with Crippen molar-refractivity contribution in [2.24, 2.45) is 34.5 Å². The molecule has 2 saturated carbocycles. The van der Waals surface area contributed by atoms with Gasteiger partial charge < -0.3 is 10.4 Å². The fourth-order valence-electron chi connectivity index (χ4n) is 6.69. The maximum atomic E-state index is 13.4. The molecule has 2 unspecified atom stereocenters. The molecule has 0 bridgehead atoms. The summed E-state index contributed by atoms with van der Waals surface area (Å²) in [5.74, 6) is 1.02. The number of nitrogens with one attached hydrogen (secondary N) is 1. The zero-order chi connectivity index (χ0) is 20.7. The number of carboxylic acids is 1. The molecule has 3 rings (SSSR count). The summed E-state index contributed by atoms with van der Waals surface area (Å²) in [4.78, 5) is 25.1. The first kappa shape index (κ1) is 21.4. The minimum absolute atomic E-state index is 0.0419. The lowest BCUT2D eigenvalue weighted by Gasteiger charge is -2.58. The Balaban J connectivity index is 1.85. The van der Waals surface area contributed by atoms with Crippen LogP contribution in [0.3, 0.4) is 0 Å². The average Bonchev–Trinajstić information content (AvgIpc) is 2.60. The van der Waals surface area contributed by atoms with Crippen LogP contribution in [-0.2, 0) is 9.59 Å². The summed E-state index contributed by atoms with van der Waals surface area (Å²) in [5, 5.41) is 12.5. The summed E-state index contributed by atoms with van der Waals surface area (Å²) in [6, 6.07) is -0.788. The predicted molar refractivity (Wildman–Crippen MR) is 112 cm³/mol. The van der Waals surface area contributed by atoms with Crippen LogP contribution in [0.4, 0.5) is 0 Å². The summed E-state index contributed by atoms with van der Waals surface area (Å²) in [6.45, 7) is 10.8. The Morgan fingerprint density at radius 3 is 2.61 bits per heavy atom. The monoisotopic (exact) mass is 389 g/mol. The van der Waals surface area contributed by atoms with E-state index in [1.165, 1.54) is 12.8 Å². The number of allylic oxidation sites excluding steroid dienone is 2. The molecule has 3 aliphatic carbocycles. The molecule has 0 aromatic heterocycles. The van der Waals surface area contributed by atoms with Crippen molar-refractivity contribution in [1.29, 1.82) is 0 Å². The molecule has 2 N–H and O–H groups in total. The van der Waals surface area contributed by atoms with E-state index in [0.717, 1.165) is 38.0 Å².